The normalized spacial score (nSPS) is 52.6. The summed E-state index contributed by atoms with van der Waals surface area (Å²) in [6.07, 6.45) is -1.04. The van der Waals surface area contributed by atoms with Crippen molar-refractivity contribution in [1.29, 1.82) is 0 Å². The monoisotopic (exact) mass is 418 g/mol. The van der Waals surface area contributed by atoms with Crippen molar-refractivity contribution in [2.45, 2.75) is 71.9 Å². The predicted molar refractivity (Wildman–Crippen MR) is 104 cm³/mol. The summed E-state index contributed by atoms with van der Waals surface area (Å²) in [7, 11) is 0. The first-order valence-corrected chi connectivity index (χ1v) is 10.9. The number of ether oxygens (including phenoxy) is 3. The van der Waals surface area contributed by atoms with E-state index >= 15 is 0 Å². The first-order valence-electron chi connectivity index (χ1n) is 10.9. The summed E-state index contributed by atoms with van der Waals surface area (Å²) < 4.78 is 17.2. The maximum Gasteiger partial charge on any atom is 0.509 e. The van der Waals surface area contributed by atoms with Crippen molar-refractivity contribution < 1.29 is 33.7 Å². The van der Waals surface area contributed by atoms with Crippen LogP contribution in [0.2, 0.25) is 0 Å². The largest absolute Gasteiger partial charge is 0.509 e. The van der Waals surface area contributed by atoms with Gasteiger partial charge in [0.25, 0.3) is 0 Å². The zero-order chi connectivity index (χ0) is 22.0. The number of hydrogen-bond donors (Lipinski definition) is 1. The van der Waals surface area contributed by atoms with Crippen LogP contribution in [0.15, 0.2) is 11.6 Å². The molecule has 0 aromatic rings. The number of rotatable bonds is 1. The molecule has 30 heavy (non-hydrogen) atoms. The molecule has 7 heteroatoms. The second-order valence-corrected chi connectivity index (χ2v) is 10.8. The Labute approximate surface area is 176 Å². The van der Waals surface area contributed by atoms with Crippen molar-refractivity contribution in [1.82, 2.24) is 0 Å². The van der Waals surface area contributed by atoms with Gasteiger partial charge < -0.3 is 19.3 Å². The SMILES string of the molecule is CC(=O)O[C@H]1C(C)=C[C@]23C(=O)[C@@H]([C@H](O)[C@H](C)[C@H]4OC(=O)O[C@@]412)[C@H]1C(C[C@H]3C)C1(C)C. The molecular weight excluding hydrogens is 388 g/mol. The van der Waals surface area contributed by atoms with E-state index in [0.717, 1.165) is 6.42 Å². The van der Waals surface area contributed by atoms with Gasteiger partial charge in [0, 0.05) is 18.8 Å². The number of ketones is 1. The highest BCUT2D eigenvalue weighted by Gasteiger charge is 2.83. The Morgan fingerprint density at radius 3 is 2.57 bits per heavy atom. The van der Waals surface area contributed by atoms with Crippen LogP contribution in [0.3, 0.4) is 0 Å². The summed E-state index contributed by atoms with van der Waals surface area (Å²) in [5, 5.41) is 11.4. The minimum absolute atomic E-state index is 0.0340. The standard InChI is InChI=1S/C23H30O7/c1-9-8-22-10(2)7-13-15(21(13,5)6)14(17(22)26)16(25)11(3)19-23(22,30-20(27)29-19)18(9)28-12(4)24/h8,10-11,13-16,18-19,25H,7H2,1-6H3/t10-,11+,13?,14-,15-,16-,18+,19-,22+,23-/m1/s1. The fourth-order valence-corrected chi connectivity index (χ4v) is 7.74. The van der Waals surface area contributed by atoms with Gasteiger partial charge in [-0.15, -0.1) is 0 Å². The molecule has 5 aliphatic rings. The van der Waals surface area contributed by atoms with Crippen molar-refractivity contribution in [3.05, 3.63) is 11.6 Å². The molecule has 1 N–H and O–H groups in total. The Morgan fingerprint density at radius 2 is 1.93 bits per heavy atom. The number of fused-ring (bicyclic) bond motifs is 3. The lowest BCUT2D eigenvalue weighted by molar-refractivity contribution is -0.181. The molecule has 5 rings (SSSR count). The molecule has 1 heterocycles. The third-order valence-corrected chi connectivity index (χ3v) is 9.09. The van der Waals surface area contributed by atoms with E-state index in [1.807, 2.05) is 13.0 Å². The lowest BCUT2D eigenvalue weighted by Crippen LogP contribution is -2.65. The molecule has 4 aliphatic carbocycles. The van der Waals surface area contributed by atoms with Crippen LogP contribution in [-0.2, 0) is 23.8 Å². The summed E-state index contributed by atoms with van der Waals surface area (Å²) in [4.78, 5) is 38.9. The lowest BCUT2D eigenvalue weighted by Gasteiger charge is -2.47. The smallest absolute Gasteiger partial charge is 0.454 e. The van der Waals surface area contributed by atoms with Gasteiger partial charge in [0.05, 0.1) is 11.5 Å². The van der Waals surface area contributed by atoms with Crippen LogP contribution in [0.25, 0.3) is 0 Å². The molecule has 0 amide bonds. The molecule has 3 saturated carbocycles. The van der Waals surface area contributed by atoms with Crippen LogP contribution in [0, 0.1) is 40.4 Å². The van der Waals surface area contributed by atoms with Crippen LogP contribution in [0.4, 0.5) is 4.79 Å². The Morgan fingerprint density at radius 1 is 1.27 bits per heavy atom. The van der Waals surface area contributed by atoms with Crippen molar-refractivity contribution in [2.75, 3.05) is 0 Å². The highest BCUT2D eigenvalue weighted by Crippen LogP contribution is 2.73. The van der Waals surface area contributed by atoms with Gasteiger partial charge in [0.2, 0.25) is 5.60 Å². The molecule has 7 nitrogen and oxygen atoms in total. The second kappa shape index (κ2) is 5.67. The topological polar surface area (TPSA) is 99.1 Å². The van der Waals surface area contributed by atoms with Gasteiger partial charge in [-0.3, -0.25) is 9.59 Å². The minimum atomic E-state index is -1.49. The van der Waals surface area contributed by atoms with Gasteiger partial charge in [-0.2, -0.15) is 0 Å². The van der Waals surface area contributed by atoms with E-state index in [4.69, 9.17) is 14.2 Å². The fraction of sp³-hybridized carbons (Fsp3) is 0.783. The Hall–Kier alpha value is -1.89. The average Bonchev–Trinajstić information content (AvgIpc) is 2.94. The summed E-state index contributed by atoms with van der Waals surface area (Å²) in [5.41, 5.74) is -2.04. The van der Waals surface area contributed by atoms with Crippen molar-refractivity contribution >= 4 is 17.9 Å². The number of aliphatic hydroxyl groups excluding tert-OH is 1. The highest BCUT2D eigenvalue weighted by atomic mass is 16.8. The molecule has 0 aromatic heterocycles. The van der Waals surface area contributed by atoms with Crippen LogP contribution in [0.1, 0.15) is 48.0 Å². The highest BCUT2D eigenvalue weighted by molar-refractivity contribution is 5.95. The molecule has 2 bridgehead atoms. The minimum Gasteiger partial charge on any atom is -0.454 e. The Bertz CT molecular complexity index is 890. The molecule has 1 saturated heterocycles. The fourth-order valence-electron chi connectivity index (χ4n) is 7.74. The van der Waals surface area contributed by atoms with Crippen molar-refractivity contribution in [3.63, 3.8) is 0 Å². The third-order valence-electron chi connectivity index (χ3n) is 9.09. The zero-order valence-corrected chi connectivity index (χ0v) is 18.3. The first kappa shape index (κ1) is 20.0. The molecule has 10 atom stereocenters. The van der Waals surface area contributed by atoms with E-state index in [1.165, 1.54) is 6.92 Å². The number of carbonyl (C=O) groups is 3. The van der Waals surface area contributed by atoms with Crippen molar-refractivity contribution in [2.24, 2.45) is 40.4 Å². The predicted octanol–water partition coefficient (Wildman–Crippen LogP) is 2.65. The molecule has 1 aliphatic heterocycles. The third kappa shape index (κ3) is 1.98. The van der Waals surface area contributed by atoms with E-state index < -0.39 is 53.3 Å². The van der Waals surface area contributed by atoms with E-state index in [-0.39, 0.29) is 23.0 Å². The molecule has 1 unspecified atom stereocenters. The molecule has 2 spiro atoms. The van der Waals surface area contributed by atoms with Crippen LogP contribution < -0.4 is 0 Å². The van der Waals surface area contributed by atoms with E-state index in [9.17, 15) is 19.5 Å². The maximum atomic E-state index is 14.4. The number of Topliss-reactive ketones (excluding diaryl/α,β-unsaturated/α-hetero) is 1. The zero-order valence-electron chi connectivity index (χ0n) is 18.3. The van der Waals surface area contributed by atoms with Gasteiger partial charge >= 0.3 is 12.1 Å². The van der Waals surface area contributed by atoms with E-state index in [1.54, 1.807) is 13.8 Å². The molecule has 164 valence electrons. The molecule has 4 fully saturated rings. The average molecular weight is 418 g/mol. The van der Waals surface area contributed by atoms with E-state index in [2.05, 4.69) is 13.8 Å². The quantitative estimate of drug-likeness (QED) is 0.516. The number of aliphatic hydroxyl groups is 1. The lowest BCUT2D eigenvalue weighted by atomic mass is 9.59. The van der Waals surface area contributed by atoms with Crippen molar-refractivity contribution in [3.8, 4) is 0 Å². The summed E-state index contributed by atoms with van der Waals surface area (Å²) in [5.74, 6) is -1.56. The number of hydrogen-bond acceptors (Lipinski definition) is 7. The van der Waals surface area contributed by atoms with Gasteiger partial charge in [-0.25, -0.2) is 4.79 Å². The van der Waals surface area contributed by atoms with Gasteiger partial charge in [-0.1, -0.05) is 33.8 Å². The Kier molecular flexibility index (Phi) is 3.78. The maximum absolute atomic E-state index is 14.4. The van der Waals surface area contributed by atoms with Gasteiger partial charge in [-0.05, 0) is 42.1 Å². The van der Waals surface area contributed by atoms with E-state index in [0.29, 0.717) is 11.5 Å². The summed E-state index contributed by atoms with van der Waals surface area (Å²) in [6, 6.07) is 0. The first-order chi connectivity index (χ1) is 13.9. The van der Waals surface area contributed by atoms with Gasteiger partial charge in [0.15, 0.2) is 18.0 Å². The van der Waals surface area contributed by atoms with Gasteiger partial charge in [0.1, 0.15) is 0 Å². The van der Waals surface area contributed by atoms with Crippen LogP contribution >= 0.6 is 0 Å². The number of carbonyl (C=O) groups excluding carboxylic acids is 3. The number of esters is 1. The summed E-state index contributed by atoms with van der Waals surface area (Å²) in [6.45, 7) is 11.2. The van der Waals surface area contributed by atoms with Crippen LogP contribution in [0.5, 0.6) is 0 Å². The Balaban J connectivity index is 1.79. The second-order valence-electron chi connectivity index (χ2n) is 10.8. The summed E-state index contributed by atoms with van der Waals surface area (Å²) >= 11 is 0. The van der Waals surface area contributed by atoms with Crippen LogP contribution in [-0.4, -0.2) is 46.9 Å². The molecule has 0 aromatic carbocycles. The molecule has 0 radical (unpaired) electrons. The molecular formula is C23H30O7.